The second kappa shape index (κ2) is 7.24. The van der Waals surface area contributed by atoms with Crippen molar-refractivity contribution in [2.24, 2.45) is 0 Å². The summed E-state index contributed by atoms with van der Waals surface area (Å²) in [6.45, 7) is 4.04. The van der Waals surface area contributed by atoms with E-state index in [0.717, 1.165) is 52.9 Å². The fraction of sp³-hybridized carbons (Fsp3) is 0.318. The summed E-state index contributed by atoms with van der Waals surface area (Å²) in [5.41, 5.74) is 5.06. The molecule has 4 heteroatoms. The van der Waals surface area contributed by atoms with Crippen molar-refractivity contribution in [3.8, 4) is 11.1 Å². The Morgan fingerprint density at radius 1 is 1.00 bits per heavy atom. The molecule has 26 heavy (non-hydrogen) atoms. The molecule has 0 N–H and O–H groups in total. The SMILES string of the molecule is CC(C=O)c1cccc(-c2ccc3ncc(N4CCCCC4)nc3c2)c1. The van der Waals surface area contributed by atoms with Gasteiger partial charge >= 0.3 is 0 Å². The van der Waals surface area contributed by atoms with Gasteiger partial charge < -0.3 is 9.69 Å². The molecule has 0 radical (unpaired) electrons. The van der Waals surface area contributed by atoms with Crippen LogP contribution >= 0.6 is 0 Å². The Balaban J connectivity index is 1.71. The number of aldehydes is 1. The van der Waals surface area contributed by atoms with Gasteiger partial charge in [0.15, 0.2) is 0 Å². The number of carbonyl (C=O) groups excluding carboxylic acids is 1. The molecule has 0 amide bonds. The Labute approximate surface area is 153 Å². The number of hydrogen-bond acceptors (Lipinski definition) is 4. The van der Waals surface area contributed by atoms with Crippen molar-refractivity contribution in [1.82, 2.24) is 9.97 Å². The van der Waals surface area contributed by atoms with E-state index in [2.05, 4.69) is 34.1 Å². The van der Waals surface area contributed by atoms with E-state index in [9.17, 15) is 4.79 Å². The largest absolute Gasteiger partial charge is 0.355 e. The lowest BCUT2D eigenvalue weighted by Gasteiger charge is -2.27. The summed E-state index contributed by atoms with van der Waals surface area (Å²) < 4.78 is 0. The van der Waals surface area contributed by atoms with Gasteiger partial charge in [-0.05, 0) is 48.1 Å². The normalized spacial score (nSPS) is 15.8. The van der Waals surface area contributed by atoms with Crippen LogP contribution in [0.15, 0.2) is 48.7 Å². The lowest BCUT2D eigenvalue weighted by Crippen LogP contribution is -2.30. The Kier molecular flexibility index (Phi) is 4.65. The van der Waals surface area contributed by atoms with Gasteiger partial charge in [0.1, 0.15) is 12.1 Å². The molecular formula is C22H23N3O. The van der Waals surface area contributed by atoms with Crippen LogP contribution in [0.2, 0.25) is 0 Å². The molecule has 0 spiro atoms. The minimum Gasteiger partial charge on any atom is -0.355 e. The molecule has 4 rings (SSSR count). The monoisotopic (exact) mass is 345 g/mol. The Morgan fingerprint density at radius 3 is 2.62 bits per heavy atom. The molecule has 0 saturated carbocycles. The lowest BCUT2D eigenvalue weighted by molar-refractivity contribution is -0.108. The number of anilines is 1. The third-order valence-corrected chi connectivity index (χ3v) is 5.16. The van der Waals surface area contributed by atoms with Gasteiger partial charge in [0.2, 0.25) is 0 Å². The molecule has 1 aromatic heterocycles. The van der Waals surface area contributed by atoms with Crippen molar-refractivity contribution < 1.29 is 4.79 Å². The number of piperidine rings is 1. The molecule has 3 aromatic rings. The number of fused-ring (bicyclic) bond motifs is 1. The summed E-state index contributed by atoms with van der Waals surface area (Å²) in [4.78, 5) is 22.9. The lowest BCUT2D eigenvalue weighted by atomic mass is 9.97. The van der Waals surface area contributed by atoms with Crippen molar-refractivity contribution >= 4 is 23.1 Å². The van der Waals surface area contributed by atoms with Crippen LogP contribution in [0.25, 0.3) is 22.2 Å². The first-order valence-corrected chi connectivity index (χ1v) is 9.32. The van der Waals surface area contributed by atoms with E-state index in [1.54, 1.807) is 0 Å². The first-order chi connectivity index (χ1) is 12.7. The highest BCUT2D eigenvalue weighted by molar-refractivity contribution is 5.82. The van der Waals surface area contributed by atoms with Crippen LogP contribution in [0, 0.1) is 0 Å². The zero-order chi connectivity index (χ0) is 17.9. The zero-order valence-corrected chi connectivity index (χ0v) is 15.1. The van der Waals surface area contributed by atoms with E-state index in [1.165, 1.54) is 19.3 Å². The molecule has 4 nitrogen and oxygen atoms in total. The van der Waals surface area contributed by atoms with Gasteiger partial charge in [-0.1, -0.05) is 37.3 Å². The van der Waals surface area contributed by atoms with E-state index in [4.69, 9.17) is 4.98 Å². The van der Waals surface area contributed by atoms with Crippen molar-refractivity contribution in [2.75, 3.05) is 18.0 Å². The van der Waals surface area contributed by atoms with Crippen molar-refractivity contribution in [1.29, 1.82) is 0 Å². The highest BCUT2D eigenvalue weighted by Crippen LogP contribution is 2.27. The maximum Gasteiger partial charge on any atom is 0.147 e. The minimum absolute atomic E-state index is 0.0964. The summed E-state index contributed by atoms with van der Waals surface area (Å²) in [6, 6.07) is 14.4. The highest BCUT2D eigenvalue weighted by Gasteiger charge is 2.13. The molecule has 1 aliphatic heterocycles. The van der Waals surface area contributed by atoms with E-state index in [0.29, 0.717) is 0 Å². The molecule has 0 aliphatic carbocycles. The maximum atomic E-state index is 11.1. The van der Waals surface area contributed by atoms with Crippen molar-refractivity contribution in [3.63, 3.8) is 0 Å². The summed E-state index contributed by atoms with van der Waals surface area (Å²) >= 11 is 0. The van der Waals surface area contributed by atoms with E-state index >= 15 is 0 Å². The van der Waals surface area contributed by atoms with Crippen LogP contribution in [0.4, 0.5) is 5.82 Å². The Morgan fingerprint density at radius 2 is 1.81 bits per heavy atom. The molecular weight excluding hydrogens is 322 g/mol. The van der Waals surface area contributed by atoms with E-state index < -0.39 is 0 Å². The van der Waals surface area contributed by atoms with Crippen molar-refractivity contribution in [3.05, 3.63) is 54.2 Å². The Hall–Kier alpha value is -2.75. The fourth-order valence-corrected chi connectivity index (χ4v) is 3.54. The van der Waals surface area contributed by atoms with Crippen molar-refractivity contribution in [2.45, 2.75) is 32.1 Å². The molecule has 1 aliphatic rings. The average molecular weight is 345 g/mol. The van der Waals surface area contributed by atoms with Crippen LogP contribution in [0.3, 0.4) is 0 Å². The summed E-state index contributed by atoms with van der Waals surface area (Å²) in [5, 5.41) is 0. The van der Waals surface area contributed by atoms with Crippen LogP contribution < -0.4 is 4.90 Å². The van der Waals surface area contributed by atoms with Gasteiger partial charge in [-0.2, -0.15) is 0 Å². The summed E-state index contributed by atoms with van der Waals surface area (Å²) in [5.74, 6) is 0.874. The minimum atomic E-state index is -0.0964. The van der Waals surface area contributed by atoms with Gasteiger partial charge in [0, 0.05) is 19.0 Å². The molecule has 1 saturated heterocycles. The maximum absolute atomic E-state index is 11.1. The first-order valence-electron chi connectivity index (χ1n) is 9.32. The van der Waals surface area contributed by atoms with Gasteiger partial charge in [-0.3, -0.25) is 4.98 Å². The predicted molar refractivity (Wildman–Crippen MR) is 106 cm³/mol. The summed E-state index contributed by atoms with van der Waals surface area (Å²) in [6.07, 6.45) is 6.62. The van der Waals surface area contributed by atoms with Crippen LogP contribution in [0.5, 0.6) is 0 Å². The quantitative estimate of drug-likeness (QED) is 0.649. The zero-order valence-electron chi connectivity index (χ0n) is 15.1. The molecule has 1 atom stereocenters. The second-order valence-electron chi connectivity index (χ2n) is 7.03. The predicted octanol–water partition coefficient (Wildman–Crippen LogP) is 4.59. The number of aromatic nitrogens is 2. The molecule has 0 bridgehead atoms. The second-order valence-corrected chi connectivity index (χ2v) is 7.03. The fourth-order valence-electron chi connectivity index (χ4n) is 3.54. The topological polar surface area (TPSA) is 46.1 Å². The number of benzene rings is 2. The van der Waals surface area contributed by atoms with Crippen LogP contribution in [-0.2, 0) is 4.79 Å². The summed E-state index contributed by atoms with van der Waals surface area (Å²) in [7, 11) is 0. The number of carbonyl (C=O) groups is 1. The van der Waals surface area contributed by atoms with E-state index in [-0.39, 0.29) is 5.92 Å². The number of nitrogens with zero attached hydrogens (tertiary/aromatic N) is 3. The van der Waals surface area contributed by atoms with E-state index in [1.807, 2.05) is 31.3 Å². The van der Waals surface area contributed by atoms with Gasteiger partial charge in [0.05, 0.1) is 17.2 Å². The number of hydrogen-bond donors (Lipinski definition) is 0. The molecule has 2 aromatic carbocycles. The average Bonchev–Trinajstić information content (AvgIpc) is 2.73. The van der Waals surface area contributed by atoms with Gasteiger partial charge in [0.25, 0.3) is 0 Å². The first kappa shape index (κ1) is 16.7. The third-order valence-electron chi connectivity index (χ3n) is 5.16. The molecule has 2 heterocycles. The standard InChI is InChI=1S/C22H23N3O/c1-16(15-26)17-6-5-7-18(12-17)19-8-9-20-21(13-19)24-22(14-23-20)25-10-3-2-4-11-25/h5-9,12-16H,2-4,10-11H2,1H3. The molecule has 1 unspecified atom stereocenters. The van der Waals surface area contributed by atoms with Gasteiger partial charge in [-0.25, -0.2) is 4.98 Å². The van der Waals surface area contributed by atoms with Crippen LogP contribution in [-0.4, -0.2) is 29.3 Å². The third kappa shape index (κ3) is 3.32. The highest BCUT2D eigenvalue weighted by atomic mass is 16.1. The molecule has 132 valence electrons. The Bertz CT molecular complexity index is 932. The van der Waals surface area contributed by atoms with Gasteiger partial charge in [-0.15, -0.1) is 0 Å². The molecule has 1 fully saturated rings. The van der Waals surface area contributed by atoms with Crippen LogP contribution in [0.1, 0.15) is 37.7 Å². The number of rotatable bonds is 4. The smallest absolute Gasteiger partial charge is 0.147 e.